The van der Waals surface area contributed by atoms with Gasteiger partial charge >= 0.3 is 18.6 Å². The van der Waals surface area contributed by atoms with Crippen molar-refractivity contribution in [2.75, 3.05) is 5.32 Å². The normalized spacial score (nSPS) is 12.3. The molecular weight excluding hydrogens is 415 g/mol. The Morgan fingerprint density at radius 2 is 1.83 bits per heavy atom. The number of aromatic nitrogens is 3. The third-order valence-electron chi connectivity index (χ3n) is 4.53. The number of aryl methyl sites for hydroxylation is 1. The zero-order chi connectivity index (χ0) is 20.5. The summed E-state index contributed by atoms with van der Waals surface area (Å²) in [4.78, 5) is 13.8. The molecule has 3 rings (SSSR count). The number of rotatable bonds is 6. The van der Waals surface area contributed by atoms with Crippen LogP contribution < -0.4 is 5.32 Å². The molecule has 153 valence electrons. The molecule has 2 atom stereocenters. The van der Waals surface area contributed by atoms with Crippen molar-refractivity contribution in [2.45, 2.75) is 51.9 Å². The summed E-state index contributed by atoms with van der Waals surface area (Å²) in [5, 5.41) is 3.24. The molecule has 3 aromatic rings. The van der Waals surface area contributed by atoms with E-state index in [9.17, 15) is 0 Å². The number of anilines is 2. The minimum absolute atomic E-state index is 0. The number of thiol groups is 1. The number of nitrogens with zero attached hydrogens (tertiary/aromatic N) is 3. The van der Waals surface area contributed by atoms with Crippen LogP contribution in [0.25, 0.3) is 11.0 Å². The molecule has 2 aromatic heterocycles. The molecule has 0 saturated heterocycles. The second-order valence-electron chi connectivity index (χ2n) is 7.31. The molecule has 1 N–H and O–H groups in total. The minimum Gasteiger partial charge on any atom is -0.341 e. The average Bonchev–Trinajstić information content (AvgIpc) is 2.68. The number of fused-ring (bicyclic) bond motifs is 1. The van der Waals surface area contributed by atoms with Gasteiger partial charge in [-0.25, -0.2) is 17.1 Å². The topological polar surface area (TPSA) is 50.7 Å². The van der Waals surface area contributed by atoms with E-state index < -0.39 is 0 Å². The number of hydrogen-bond donors (Lipinski definition) is 2. The Kier molecular flexibility index (Phi) is 11.3. The Balaban J connectivity index is 0.000000362. The molecule has 0 amide bonds. The molecule has 0 bridgehead atoms. The fourth-order valence-corrected chi connectivity index (χ4v) is 2.68. The zero-order valence-corrected chi connectivity index (χ0v) is 20.0. The van der Waals surface area contributed by atoms with Crippen LogP contribution in [-0.2, 0) is 18.6 Å². The maximum atomic E-state index is 4.43. The average molecular weight is 446 g/mol. The van der Waals surface area contributed by atoms with E-state index in [4.69, 9.17) is 0 Å². The van der Waals surface area contributed by atoms with Crippen molar-refractivity contribution in [3.8, 4) is 0 Å². The van der Waals surface area contributed by atoms with E-state index in [0.29, 0.717) is 11.7 Å². The van der Waals surface area contributed by atoms with Crippen LogP contribution in [-0.4, -0.2) is 15.0 Å². The predicted octanol–water partition coefficient (Wildman–Crippen LogP) is 6.45. The number of benzene rings is 1. The zero-order valence-electron chi connectivity index (χ0n) is 17.7. The SMILES string of the molecule is Cc1[c-]cc2ncnc(Nc3ccc(S)cc3)c2n1.[CH2-]C(C)CC[C@H](C)CC.[V+2]. The monoisotopic (exact) mass is 445 g/mol. The molecule has 0 saturated carbocycles. The van der Waals surface area contributed by atoms with Crippen LogP contribution in [0.2, 0.25) is 0 Å². The van der Waals surface area contributed by atoms with Gasteiger partial charge in [0.05, 0.1) is 6.33 Å². The van der Waals surface area contributed by atoms with Crippen molar-refractivity contribution in [1.82, 2.24) is 15.0 Å². The van der Waals surface area contributed by atoms with Crippen LogP contribution >= 0.6 is 12.6 Å². The first-order valence-corrected chi connectivity index (χ1v) is 10.2. The molecule has 29 heavy (non-hydrogen) atoms. The van der Waals surface area contributed by atoms with Gasteiger partial charge in [-0.2, -0.15) is 5.92 Å². The molecule has 4 nitrogen and oxygen atoms in total. The van der Waals surface area contributed by atoms with Gasteiger partial charge in [-0.3, -0.25) is 4.98 Å². The first kappa shape index (κ1) is 25.5. The fourth-order valence-electron chi connectivity index (χ4n) is 2.53. The summed E-state index contributed by atoms with van der Waals surface area (Å²) in [7, 11) is 0. The van der Waals surface area contributed by atoms with Crippen LogP contribution in [0.4, 0.5) is 11.5 Å². The molecule has 1 aromatic carbocycles. The summed E-state index contributed by atoms with van der Waals surface area (Å²) >= 11 is 4.26. The summed E-state index contributed by atoms with van der Waals surface area (Å²) in [6.07, 6.45) is 5.46. The summed E-state index contributed by atoms with van der Waals surface area (Å²) in [6, 6.07) is 12.6. The molecule has 1 unspecified atom stereocenters. The van der Waals surface area contributed by atoms with Crippen molar-refractivity contribution in [1.29, 1.82) is 0 Å². The fraction of sp³-hybridized carbons (Fsp3) is 0.391. The van der Waals surface area contributed by atoms with Crippen molar-refractivity contribution >= 4 is 35.2 Å². The number of hydrogen-bond acceptors (Lipinski definition) is 5. The summed E-state index contributed by atoms with van der Waals surface area (Å²) in [5.41, 5.74) is 3.27. The van der Waals surface area contributed by atoms with Gasteiger partial charge in [0.15, 0.2) is 0 Å². The Morgan fingerprint density at radius 1 is 1.14 bits per heavy atom. The van der Waals surface area contributed by atoms with Gasteiger partial charge in [-0.15, -0.1) is 12.6 Å². The molecule has 0 spiro atoms. The van der Waals surface area contributed by atoms with E-state index in [1.165, 1.54) is 25.6 Å². The van der Waals surface area contributed by atoms with Gasteiger partial charge in [0, 0.05) is 16.1 Å². The Morgan fingerprint density at radius 3 is 2.45 bits per heavy atom. The number of pyridine rings is 1. The van der Waals surface area contributed by atoms with E-state index in [1.54, 1.807) is 0 Å². The maximum Gasteiger partial charge on any atom is 2.00 e. The second kappa shape index (κ2) is 12.9. The molecular formula is C23H30N4SV. The maximum absolute atomic E-state index is 4.43. The van der Waals surface area contributed by atoms with E-state index in [2.05, 4.69) is 66.7 Å². The first-order valence-electron chi connectivity index (χ1n) is 9.78. The number of nitrogens with one attached hydrogen (secondary N) is 1. The standard InChI is InChI=1S/C14H11N4S.C9H19.V/c1-9-2-7-12-13(17-9)14(16-8-15-12)18-10-3-5-11(19)6-4-10;1-5-9(4)7-6-8(2)3;/h3-8,19H,1H3,(H,15,16,18);8-9H,2,5-7H2,1,3-4H3;/q2*-1;+2/t;8?,9-;/m.1./s1. The van der Waals surface area contributed by atoms with Crippen molar-refractivity contribution in [2.24, 2.45) is 11.8 Å². The molecule has 1 radical (unpaired) electrons. The largest absolute Gasteiger partial charge is 2.00 e. The second-order valence-corrected chi connectivity index (χ2v) is 7.83. The summed E-state index contributed by atoms with van der Waals surface area (Å²) in [6.45, 7) is 12.6. The van der Waals surface area contributed by atoms with E-state index >= 15 is 0 Å². The minimum atomic E-state index is 0. The molecule has 0 aliphatic rings. The first-order chi connectivity index (χ1) is 13.4. The quantitative estimate of drug-likeness (QED) is 0.338. The van der Waals surface area contributed by atoms with Gasteiger partial charge in [0.2, 0.25) is 0 Å². The van der Waals surface area contributed by atoms with Crippen LogP contribution in [0.15, 0.2) is 41.6 Å². The predicted molar refractivity (Wildman–Crippen MR) is 121 cm³/mol. The van der Waals surface area contributed by atoms with E-state index in [1.807, 2.05) is 37.3 Å². The molecule has 2 heterocycles. The van der Waals surface area contributed by atoms with Gasteiger partial charge in [0.25, 0.3) is 0 Å². The van der Waals surface area contributed by atoms with E-state index in [-0.39, 0.29) is 18.6 Å². The van der Waals surface area contributed by atoms with Gasteiger partial charge in [-0.1, -0.05) is 51.2 Å². The summed E-state index contributed by atoms with van der Waals surface area (Å²) in [5.74, 6) is 2.22. The van der Waals surface area contributed by atoms with Crippen molar-refractivity contribution in [3.05, 3.63) is 55.3 Å². The summed E-state index contributed by atoms with van der Waals surface area (Å²) < 4.78 is 0. The van der Waals surface area contributed by atoms with E-state index in [0.717, 1.165) is 33.2 Å². The van der Waals surface area contributed by atoms with Crippen LogP contribution in [0.5, 0.6) is 0 Å². The molecule has 0 aliphatic carbocycles. The van der Waals surface area contributed by atoms with Crippen molar-refractivity contribution in [3.63, 3.8) is 0 Å². The smallest absolute Gasteiger partial charge is 0.341 e. The molecule has 0 aliphatic heterocycles. The third kappa shape index (κ3) is 8.77. The van der Waals surface area contributed by atoms with Gasteiger partial charge in [0.1, 0.15) is 5.82 Å². The third-order valence-corrected chi connectivity index (χ3v) is 4.83. The van der Waals surface area contributed by atoms with Crippen LogP contribution in [0, 0.1) is 31.7 Å². The van der Waals surface area contributed by atoms with Crippen LogP contribution in [0.3, 0.4) is 0 Å². The van der Waals surface area contributed by atoms with Crippen molar-refractivity contribution < 1.29 is 18.6 Å². The Labute approximate surface area is 192 Å². The Hall–Kier alpha value is -1.56. The van der Waals surface area contributed by atoms with Gasteiger partial charge < -0.3 is 17.2 Å². The Bertz CT molecular complexity index is 868. The molecule has 0 fully saturated rings. The van der Waals surface area contributed by atoms with Crippen LogP contribution in [0.1, 0.15) is 45.7 Å². The van der Waals surface area contributed by atoms with Gasteiger partial charge in [-0.05, 0) is 37.1 Å². The molecule has 6 heteroatoms.